The molecule has 0 radical (unpaired) electrons. The van der Waals surface area contributed by atoms with Crippen LogP contribution < -0.4 is 16.2 Å². The Balaban J connectivity index is 2.53. The molecule has 0 heterocycles. The van der Waals surface area contributed by atoms with E-state index in [-0.39, 0.29) is 10.6 Å². The van der Waals surface area contributed by atoms with Gasteiger partial charge in [-0.3, -0.25) is 10.2 Å². The van der Waals surface area contributed by atoms with E-state index in [4.69, 9.17) is 23.2 Å². The topological polar surface area (TPSA) is 70.2 Å². The van der Waals surface area contributed by atoms with Gasteiger partial charge in [-0.05, 0) is 24.6 Å². The van der Waals surface area contributed by atoms with Gasteiger partial charge in [0.2, 0.25) is 0 Å². The average molecular weight is 290 g/mol. The Morgan fingerprint density at radius 3 is 2.56 bits per heavy atom. The zero-order chi connectivity index (χ0) is 13.5. The summed E-state index contributed by atoms with van der Waals surface area (Å²) < 4.78 is 0. The van der Waals surface area contributed by atoms with Crippen molar-refractivity contribution in [3.63, 3.8) is 0 Å². The number of halogens is 2. The molecule has 0 aliphatic heterocycles. The van der Waals surface area contributed by atoms with Crippen molar-refractivity contribution in [1.82, 2.24) is 16.2 Å². The van der Waals surface area contributed by atoms with E-state index in [1.165, 1.54) is 12.1 Å². The Hall–Kier alpha value is -1.46. The van der Waals surface area contributed by atoms with Crippen LogP contribution in [-0.4, -0.2) is 18.5 Å². The summed E-state index contributed by atoms with van der Waals surface area (Å²) >= 11 is 11.6. The Morgan fingerprint density at radius 1 is 1.22 bits per heavy atom. The molecule has 0 aromatic heterocycles. The van der Waals surface area contributed by atoms with Gasteiger partial charge < -0.3 is 5.32 Å². The van der Waals surface area contributed by atoms with E-state index in [0.717, 1.165) is 6.42 Å². The molecule has 0 saturated carbocycles. The van der Waals surface area contributed by atoms with Crippen LogP contribution in [-0.2, 0) is 0 Å². The molecule has 18 heavy (non-hydrogen) atoms. The Bertz CT molecular complexity index is 452. The van der Waals surface area contributed by atoms with Gasteiger partial charge in [0.1, 0.15) is 0 Å². The normalized spacial score (nSPS) is 9.72. The second kappa shape index (κ2) is 7.08. The summed E-state index contributed by atoms with van der Waals surface area (Å²) in [4.78, 5) is 22.9. The van der Waals surface area contributed by atoms with Crippen molar-refractivity contribution in [2.75, 3.05) is 6.54 Å². The Kier molecular flexibility index (Phi) is 5.74. The smallest absolute Gasteiger partial charge is 0.333 e. The zero-order valence-corrected chi connectivity index (χ0v) is 11.2. The third-order valence-electron chi connectivity index (χ3n) is 2.00. The molecular weight excluding hydrogens is 277 g/mol. The lowest BCUT2D eigenvalue weighted by Crippen LogP contribution is -2.47. The first kappa shape index (κ1) is 14.6. The fourth-order valence-electron chi connectivity index (χ4n) is 1.14. The number of rotatable bonds is 3. The predicted molar refractivity (Wildman–Crippen MR) is 70.8 cm³/mol. The van der Waals surface area contributed by atoms with Crippen LogP contribution in [0.15, 0.2) is 18.2 Å². The first-order chi connectivity index (χ1) is 8.54. The minimum atomic E-state index is -0.511. The fourth-order valence-corrected chi connectivity index (χ4v) is 1.63. The van der Waals surface area contributed by atoms with Gasteiger partial charge in [-0.25, -0.2) is 10.2 Å². The summed E-state index contributed by atoms with van der Waals surface area (Å²) in [7, 11) is 0. The molecule has 0 bridgehead atoms. The van der Waals surface area contributed by atoms with Gasteiger partial charge in [0, 0.05) is 11.6 Å². The lowest BCUT2D eigenvalue weighted by atomic mass is 10.2. The van der Waals surface area contributed by atoms with Crippen molar-refractivity contribution in [1.29, 1.82) is 0 Å². The molecule has 3 N–H and O–H groups in total. The van der Waals surface area contributed by atoms with Crippen molar-refractivity contribution >= 4 is 35.1 Å². The van der Waals surface area contributed by atoms with Gasteiger partial charge in [0.25, 0.3) is 5.91 Å². The minimum Gasteiger partial charge on any atom is -0.337 e. The van der Waals surface area contributed by atoms with E-state index in [1.807, 2.05) is 6.92 Å². The number of amides is 3. The van der Waals surface area contributed by atoms with Crippen LogP contribution in [0.4, 0.5) is 4.79 Å². The average Bonchev–Trinajstić information content (AvgIpc) is 2.33. The maximum Gasteiger partial charge on any atom is 0.333 e. The summed E-state index contributed by atoms with van der Waals surface area (Å²) in [5, 5.41) is 3.20. The van der Waals surface area contributed by atoms with E-state index >= 15 is 0 Å². The van der Waals surface area contributed by atoms with Crippen LogP contribution in [0.5, 0.6) is 0 Å². The third-order valence-corrected chi connectivity index (χ3v) is 2.55. The SMILES string of the molecule is CCCNC(=O)NNC(=O)c1ccc(Cl)cc1Cl. The second-order valence-corrected chi connectivity index (χ2v) is 4.30. The van der Waals surface area contributed by atoms with Gasteiger partial charge in [-0.15, -0.1) is 0 Å². The molecule has 5 nitrogen and oxygen atoms in total. The summed E-state index contributed by atoms with van der Waals surface area (Å²) in [6.45, 7) is 2.45. The van der Waals surface area contributed by atoms with Crippen molar-refractivity contribution in [3.8, 4) is 0 Å². The third kappa shape index (κ3) is 4.43. The lowest BCUT2D eigenvalue weighted by molar-refractivity contribution is 0.0936. The summed E-state index contributed by atoms with van der Waals surface area (Å²) in [6, 6.07) is 4.00. The number of carbonyl (C=O) groups excluding carboxylic acids is 2. The molecular formula is C11H13Cl2N3O2. The van der Waals surface area contributed by atoms with Crippen molar-refractivity contribution in [3.05, 3.63) is 33.8 Å². The lowest BCUT2D eigenvalue weighted by Gasteiger charge is -2.09. The number of carbonyl (C=O) groups is 2. The van der Waals surface area contributed by atoms with Crippen LogP contribution in [0.3, 0.4) is 0 Å². The quantitative estimate of drug-likeness (QED) is 0.748. The van der Waals surface area contributed by atoms with E-state index in [0.29, 0.717) is 11.6 Å². The van der Waals surface area contributed by atoms with Crippen LogP contribution in [0.2, 0.25) is 10.0 Å². The first-order valence-corrected chi connectivity index (χ1v) is 6.09. The monoisotopic (exact) mass is 289 g/mol. The van der Waals surface area contributed by atoms with Crippen LogP contribution in [0, 0.1) is 0 Å². The largest absolute Gasteiger partial charge is 0.337 e. The molecule has 0 aliphatic carbocycles. The van der Waals surface area contributed by atoms with Crippen molar-refractivity contribution in [2.24, 2.45) is 0 Å². The number of benzene rings is 1. The van der Waals surface area contributed by atoms with Gasteiger partial charge >= 0.3 is 6.03 Å². The number of urea groups is 1. The van der Waals surface area contributed by atoms with E-state index < -0.39 is 11.9 Å². The molecule has 1 aromatic carbocycles. The zero-order valence-electron chi connectivity index (χ0n) is 9.72. The fraction of sp³-hybridized carbons (Fsp3) is 0.273. The summed E-state index contributed by atoms with van der Waals surface area (Å²) in [6.07, 6.45) is 0.810. The first-order valence-electron chi connectivity index (χ1n) is 5.33. The molecule has 0 spiro atoms. The molecule has 1 rings (SSSR count). The standard InChI is InChI=1S/C11H13Cl2N3O2/c1-2-5-14-11(18)16-15-10(17)8-4-3-7(12)6-9(8)13/h3-4,6H,2,5H2,1H3,(H,15,17)(H2,14,16,18). The molecule has 98 valence electrons. The van der Waals surface area contributed by atoms with Gasteiger partial charge in [-0.1, -0.05) is 30.1 Å². The molecule has 0 unspecified atom stereocenters. The highest BCUT2D eigenvalue weighted by Gasteiger charge is 2.11. The van der Waals surface area contributed by atoms with Crippen LogP contribution in [0.1, 0.15) is 23.7 Å². The highest BCUT2D eigenvalue weighted by Crippen LogP contribution is 2.20. The maximum atomic E-state index is 11.7. The van der Waals surface area contributed by atoms with Crippen LogP contribution in [0.25, 0.3) is 0 Å². The summed E-state index contributed by atoms with van der Waals surface area (Å²) in [5.74, 6) is -0.511. The van der Waals surface area contributed by atoms with Crippen LogP contribution >= 0.6 is 23.2 Å². The number of hydrogen-bond donors (Lipinski definition) is 3. The number of hydrogen-bond acceptors (Lipinski definition) is 2. The highest BCUT2D eigenvalue weighted by atomic mass is 35.5. The Labute approximate surface area is 115 Å². The second-order valence-electron chi connectivity index (χ2n) is 3.46. The van der Waals surface area contributed by atoms with Gasteiger partial charge in [-0.2, -0.15) is 0 Å². The number of nitrogens with one attached hydrogen (secondary N) is 3. The molecule has 3 amide bonds. The summed E-state index contributed by atoms with van der Waals surface area (Å²) in [5.41, 5.74) is 4.69. The predicted octanol–water partition coefficient (Wildman–Crippen LogP) is 2.35. The van der Waals surface area contributed by atoms with E-state index in [9.17, 15) is 9.59 Å². The molecule has 1 aromatic rings. The van der Waals surface area contributed by atoms with Gasteiger partial charge in [0.05, 0.1) is 10.6 Å². The molecule has 0 aliphatic rings. The minimum absolute atomic E-state index is 0.218. The van der Waals surface area contributed by atoms with Gasteiger partial charge in [0.15, 0.2) is 0 Å². The van der Waals surface area contributed by atoms with Crippen molar-refractivity contribution < 1.29 is 9.59 Å². The molecule has 0 saturated heterocycles. The Morgan fingerprint density at radius 2 is 1.94 bits per heavy atom. The number of hydrazine groups is 1. The molecule has 7 heteroatoms. The van der Waals surface area contributed by atoms with E-state index in [1.54, 1.807) is 6.07 Å². The molecule has 0 fully saturated rings. The maximum absolute atomic E-state index is 11.7. The van der Waals surface area contributed by atoms with Crippen molar-refractivity contribution in [2.45, 2.75) is 13.3 Å². The highest BCUT2D eigenvalue weighted by molar-refractivity contribution is 6.36. The molecule has 0 atom stereocenters. The van der Waals surface area contributed by atoms with E-state index in [2.05, 4.69) is 16.2 Å².